The fourth-order valence-corrected chi connectivity index (χ4v) is 3.10. The molecule has 0 aliphatic carbocycles. The number of nitrogens with zero attached hydrogens (tertiary/aromatic N) is 3. The normalized spacial score (nSPS) is 13.4. The average Bonchev–Trinajstić information content (AvgIpc) is 2.74. The van der Waals surface area contributed by atoms with E-state index in [1.807, 2.05) is 6.92 Å². The minimum atomic E-state index is -4.46. The SMILES string of the molecule is Cc1cnccc1NC(=O)N1CCOc2ccc(-c3cccc(C(F)(F)F)c3)nc21. The smallest absolute Gasteiger partial charge is 0.416 e. The van der Waals surface area contributed by atoms with Crippen molar-refractivity contribution in [2.75, 3.05) is 23.4 Å². The van der Waals surface area contributed by atoms with Crippen molar-refractivity contribution in [1.29, 1.82) is 0 Å². The molecule has 6 nitrogen and oxygen atoms in total. The molecular weight excluding hydrogens is 397 g/mol. The Balaban J connectivity index is 1.67. The second-order valence-electron chi connectivity index (χ2n) is 6.72. The zero-order valence-electron chi connectivity index (χ0n) is 15.9. The molecule has 0 saturated heterocycles. The molecule has 9 heteroatoms. The number of urea groups is 1. The number of benzene rings is 1. The van der Waals surface area contributed by atoms with E-state index >= 15 is 0 Å². The number of aryl methyl sites for hydroxylation is 1. The van der Waals surface area contributed by atoms with Crippen LogP contribution in [0.4, 0.5) is 29.5 Å². The molecule has 4 rings (SSSR count). The number of pyridine rings is 2. The van der Waals surface area contributed by atoms with E-state index in [-0.39, 0.29) is 19.0 Å². The molecule has 0 bridgehead atoms. The fourth-order valence-electron chi connectivity index (χ4n) is 3.10. The van der Waals surface area contributed by atoms with Crippen molar-refractivity contribution in [1.82, 2.24) is 9.97 Å². The molecule has 1 aliphatic heterocycles. The van der Waals surface area contributed by atoms with E-state index < -0.39 is 17.8 Å². The summed E-state index contributed by atoms with van der Waals surface area (Å²) in [6, 6.07) is 9.34. The van der Waals surface area contributed by atoms with Crippen LogP contribution < -0.4 is 15.0 Å². The van der Waals surface area contributed by atoms with Gasteiger partial charge in [-0.2, -0.15) is 13.2 Å². The summed E-state index contributed by atoms with van der Waals surface area (Å²) in [6.45, 7) is 2.35. The van der Waals surface area contributed by atoms with Crippen molar-refractivity contribution in [3.63, 3.8) is 0 Å². The van der Waals surface area contributed by atoms with Gasteiger partial charge >= 0.3 is 12.2 Å². The number of anilines is 2. The Bertz CT molecular complexity index is 1100. The third-order valence-corrected chi connectivity index (χ3v) is 4.66. The predicted octanol–water partition coefficient (Wildman–Crippen LogP) is 4.90. The van der Waals surface area contributed by atoms with Crippen LogP contribution in [0.5, 0.6) is 5.75 Å². The van der Waals surface area contributed by atoms with Crippen LogP contribution in [0.15, 0.2) is 54.9 Å². The number of alkyl halides is 3. The summed E-state index contributed by atoms with van der Waals surface area (Å²) in [4.78, 5) is 22.7. The molecule has 0 unspecified atom stereocenters. The maximum absolute atomic E-state index is 13.1. The highest BCUT2D eigenvalue weighted by atomic mass is 19.4. The van der Waals surface area contributed by atoms with Crippen LogP contribution in [0.25, 0.3) is 11.3 Å². The number of halogens is 3. The number of hydrogen-bond donors (Lipinski definition) is 1. The van der Waals surface area contributed by atoms with Crippen molar-refractivity contribution < 1.29 is 22.7 Å². The van der Waals surface area contributed by atoms with Crippen LogP contribution in [-0.2, 0) is 6.18 Å². The van der Waals surface area contributed by atoms with Gasteiger partial charge in [0.25, 0.3) is 0 Å². The number of aromatic nitrogens is 2. The Morgan fingerprint density at radius 3 is 2.80 bits per heavy atom. The van der Waals surface area contributed by atoms with Gasteiger partial charge in [0.1, 0.15) is 6.61 Å². The number of carbonyl (C=O) groups excluding carboxylic acids is 1. The minimum Gasteiger partial charge on any atom is -0.488 e. The summed E-state index contributed by atoms with van der Waals surface area (Å²) in [5, 5.41) is 2.81. The highest BCUT2D eigenvalue weighted by Crippen LogP contribution is 2.35. The van der Waals surface area contributed by atoms with Crippen LogP contribution in [0.3, 0.4) is 0 Å². The van der Waals surface area contributed by atoms with Gasteiger partial charge in [-0.1, -0.05) is 12.1 Å². The lowest BCUT2D eigenvalue weighted by Crippen LogP contribution is -2.41. The van der Waals surface area contributed by atoms with E-state index in [0.717, 1.165) is 17.7 Å². The fraction of sp³-hybridized carbons (Fsp3) is 0.190. The van der Waals surface area contributed by atoms with Crippen molar-refractivity contribution in [2.45, 2.75) is 13.1 Å². The molecule has 1 N–H and O–H groups in total. The summed E-state index contributed by atoms with van der Waals surface area (Å²) >= 11 is 0. The number of rotatable bonds is 2. The first-order valence-electron chi connectivity index (χ1n) is 9.13. The summed E-state index contributed by atoms with van der Waals surface area (Å²) in [5.41, 5.74) is 1.24. The average molecular weight is 414 g/mol. The summed E-state index contributed by atoms with van der Waals surface area (Å²) < 4.78 is 44.7. The number of ether oxygens (including phenoxy) is 1. The number of hydrogen-bond acceptors (Lipinski definition) is 4. The molecule has 30 heavy (non-hydrogen) atoms. The van der Waals surface area contributed by atoms with E-state index in [9.17, 15) is 18.0 Å². The summed E-state index contributed by atoms with van der Waals surface area (Å²) in [5.74, 6) is 0.638. The number of fused-ring (bicyclic) bond motifs is 1. The summed E-state index contributed by atoms with van der Waals surface area (Å²) in [6.07, 6.45) is -1.26. The second-order valence-corrected chi connectivity index (χ2v) is 6.72. The van der Waals surface area contributed by atoms with E-state index in [0.29, 0.717) is 22.7 Å². The molecule has 1 aliphatic rings. The van der Waals surface area contributed by atoms with Gasteiger partial charge < -0.3 is 10.1 Å². The molecular formula is C21H17F3N4O2. The maximum Gasteiger partial charge on any atom is 0.416 e. The lowest BCUT2D eigenvalue weighted by molar-refractivity contribution is -0.137. The van der Waals surface area contributed by atoms with Gasteiger partial charge in [0.05, 0.1) is 17.8 Å². The highest BCUT2D eigenvalue weighted by molar-refractivity contribution is 6.02. The van der Waals surface area contributed by atoms with Crippen molar-refractivity contribution >= 4 is 17.5 Å². The first-order valence-corrected chi connectivity index (χ1v) is 9.13. The van der Waals surface area contributed by atoms with Crippen LogP contribution >= 0.6 is 0 Å². The monoisotopic (exact) mass is 414 g/mol. The lowest BCUT2D eigenvalue weighted by Gasteiger charge is -2.29. The van der Waals surface area contributed by atoms with Crippen LogP contribution in [0, 0.1) is 6.92 Å². The first kappa shape index (κ1) is 19.7. The number of carbonyl (C=O) groups is 1. The second kappa shape index (κ2) is 7.66. The van der Waals surface area contributed by atoms with Gasteiger partial charge in [-0.3, -0.25) is 9.88 Å². The van der Waals surface area contributed by atoms with Gasteiger partial charge in [0.2, 0.25) is 0 Å². The molecule has 3 aromatic rings. The Kier molecular flexibility index (Phi) is 5.03. The number of nitrogens with one attached hydrogen (secondary N) is 1. The van der Waals surface area contributed by atoms with Gasteiger partial charge in [-0.25, -0.2) is 9.78 Å². The molecule has 154 valence electrons. The van der Waals surface area contributed by atoms with Crippen LogP contribution in [0.2, 0.25) is 0 Å². The van der Waals surface area contributed by atoms with Crippen molar-refractivity contribution in [3.8, 4) is 17.0 Å². The molecule has 0 saturated carbocycles. The van der Waals surface area contributed by atoms with E-state index in [2.05, 4.69) is 15.3 Å². The lowest BCUT2D eigenvalue weighted by atomic mass is 10.1. The quantitative estimate of drug-likeness (QED) is 0.648. The minimum absolute atomic E-state index is 0.250. The standard InChI is InChI=1S/C21H17F3N4O2/c1-13-12-25-8-7-16(13)27-20(29)28-9-10-30-18-6-5-17(26-19(18)28)14-3-2-4-15(11-14)21(22,23)24/h2-8,11-12H,9-10H2,1H3,(H,25,27,29). The molecule has 1 aromatic carbocycles. The molecule has 0 atom stereocenters. The Morgan fingerprint density at radius 2 is 2.03 bits per heavy atom. The molecule has 3 heterocycles. The Hall–Kier alpha value is -3.62. The largest absolute Gasteiger partial charge is 0.488 e. The summed E-state index contributed by atoms with van der Waals surface area (Å²) in [7, 11) is 0. The van der Waals surface area contributed by atoms with E-state index in [1.165, 1.54) is 11.0 Å². The van der Waals surface area contributed by atoms with Crippen LogP contribution in [0.1, 0.15) is 11.1 Å². The zero-order chi connectivity index (χ0) is 21.3. The molecule has 2 aromatic heterocycles. The van der Waals surface area contributed by atoms with Crippen LogP contribution in [-0.4, -0.2) is 29.2 Å². The topological polar surface area (TPSA) is 67.4 Å². The molecule has 0 spiro atoms. The van der Waals surface area contributed by atoms with Crippen molar-refractivity contribution in [3.05, 3.63) is 66.0 Å². The van der Waals surface area contributed by atoms with E-state index in [1.54, 1.807) is 36.7 Å². The molecule has 0 fully saturated rings. The maximum atomic E-state index is 13.1. The number of amides is 2. The molecule has 0 radical (unpaired) electrons. The van der Waals surface area contributed by atoms with Gasteiger partial charge in [-0.05, 0) is 42.8 Å². The Labute approximate surface area is 170 Å². The third kappa shape index (κ3) is 3.91. The van der Waals surface area contributed by atoms with Gasteiger partial charge in [0, 0.05) is 23.6 Å². The molecule has 2 amide bonds. The van der Waals surface area contributed by atoms with E-state index in [4.69, 9.17) is 4.74 Å². The Morgan fingerprint density at radius 1 is 1.20 bits per heavy atom. The van der Waals surface area contributed by atoms with Gasteiger partial charge in [-0.15, -0.1) is 0 Å². The van der Waals surface area contributed by atoms with Crippen molar-refractivity contribution in [2.24, 2.45) is 0 Å². The third-order valence-electron chi connectivity index (χ3n) is 4.66. The zero-order valence-corrected chi connectivity index (χ0v) is 15.9. The first-order chi connectivity index (χ1) is 14.3. The highest BCUT2D eigenvalue weighted by Gasteiger charge is 2.31. The predicted molar refractivity (Wildman–Crippen MR) is 106 cm³/mol. The van der Waals surface area contributed by atoms with Gasteiger partial charge in [0.15, 0.2) is 11.6 Å².